The van der Waals surface area contributed by atoms with Crippen LogP contribution in [0.15, 0.2) is 16.6 Å². The molecule has 1 saturated heterocycles. The standard InChI is InChI=1S/C15H20BrF3N2O2/c1-23-13-9-10(8-11(16)14(13)22)12(2-3-15(17,18)19)21-6-4-20-5-7-21/h8-9,12,20,22H,2-7H2,1H3/t12-/m0/s1. The quantitative estimate of drug-likeness (QED) is 0.799. The van der Waals surface area contributed by atoms with Gasteiger partial charge in [0.1, 0.15) is 0 Å². The van der Waals surface area contributed by atoms with Gasteiger partial charge in [-0.05, 0) is 40.0 Å². The van der Waals surface area contributed by atoms with E-state index in [1.165, 1.54) is 7.11 Å². The van der Waals surface area contributed by atoms with Crippen LogP contribution in [-0.4, -0.2) is 49.5 Å². The number of halogens is 4. The summed E-state index contributed by atoms with van der Waals surface area (Å²) in [7, 11) is 1.42. The molecule has 23 heavy (non-hydrogen) atoms. The lowest BCUT2D eigenvalue weighted by molar-refractivity contribution is -0.138. The molecule has 0 amide bonds. The molecule has 2 rings (SSSR count). The van der Waals surface area contributed by atoms with Crippen molar-refractivity contribution in [2.75, 3.05) is 33.3 Å². The van der Waals surface area contributed by atoms with Crippen LogP contribution in [-0.2, 0) is 0 Å². The average molecular weight is 397 g/mol. The van der Waals surface area contributed by atoms with E-state index in [0.29, 0.717) is 23.1 Å². The first-order chi connectivity index (χ1) is 10.8. The van der Waals surface area contributed by atoms with Gasteiger partial charge in [-0.1, -0.05) is 0 Å². The van der Waals surface area contributed by atoms with Crippen molar-refractivity contribution >= 4 is 15.9 Å². The molecule has 0 aromatic heterocycles. The van der Waals surface area contributed by atoms with E-state index in [2.05, 4.69) is 21.2 Å². The van der Waals surface area contributed by atoms with Gasteiger partial charge in [-0.15, -0.1) is 0 Å². The van der Waals surface area contributed by atoms with E-state index in [4.69, 9.17) is 4.74 Å². The molecular weight excluding hydrogens is 377 g/mol. The summed E-state index contributed by atoms with van der Waals surface area (Å²) in [6.07, 6.45) is -5.06. The van der Waals surface area contributed by atoms with Crippen molar-refractivity contribution in [3.05, 3.63) is 22.2 Å². The number of aromatic hydroxyl groups is 1. The van der Waals surface area contributed by atoms with E-state index >= 15 is 0 Å². The highest BCUT2D eigenvalue weighted by Crippen LogP contribution is 2.40. The second-order valence-corrected chi connectivity index (χ2v) is 6.36. The number of phenolic OH excluding ortho intramolecular Hbond substituents is 1. The van der Waals surface area contributed by atoms with Crippen molar-refractivity contribution in [3.63, 3.8) is 0 Å². The molecular formula is C15H20BrF3N2O2. The molecule has 0 radical (unpaired) electrons. The fraction of sp³-hybridized carbons (Fsp3) is 0.600. The first-order valence-electron chi connectivity index (χ1n) is 7.39. The van der Waals surface area contributed by atoms with E-state index in [0.717, 1.165) is 13.1 Å². The van der Waals surface area contributed by atoms with E-state index in [9.17, 15) is 18.3 Å². The van der Waals surface area contributed by atoms with Gasteiger partial charge < -0.3 is 15.2 Å². The van der Waals surface area contributed by atoms with Crippen LogP contribution in [0.2, 0.25) is 0 Å². The molecule has 1 aliphatic heterocycles. The number of phenols is 1. The maximum atomic E-state index is 12.7. The van der Waals surface area contributed by atoms with Crippen molar-refractivity contribution in [2.45, 2.75) is 25.1 Å². The number of alkyl halides is 3. The molecule has 0 bridgehead atoms. The molecule has 0 aliphatic carbocycles. The summed E-state index contributed by atoms with van der Waals surface area (Å²) in [6.45, 7) is 2.87. The number of benzene rings is 1. The van der Waals surface area contributed by atoms with Gasteiger partial charge in [-0.3, -0.25) is 4.90 Å². The first kappa shape index (κ1) is 18.4. The van der Waals surface area contributed by atoms with Gasteiger partial charge in [-0.25, -0.2) is 0 Å². The molecule has 8 heteroatoms. The zero-order valence-corrected chi connectivity index (χ0v) is 14.4. The fourth-order valence-corrected chi connectivity index (χ4v) is 3.26. The highest BCUT2D eigenvalue weighted by atomic mass is 79.9. The molecule has 1 aliphatic rings. The minimum Gasteiger partial charge on any atom is -0.503 e. The zero-order valence-electron chi connectivity index (χ0n) is 12.8. The number of piperazine rings is 1. The van der Waals surface area contributed by atoms with Gasteiger partial charge in [0.15, 0.2) is 11.5 Å². The minimum atomic E-state index is -4.19. The van der Waals surface area contributed by atoms with Crippen molar-refractivity contribution in [3.8, 4) is 11.5 Å². The predicted molar refractivity (Wildman–Crippen MR) is 84.8 cm³/mol. The van der Waals surface area contributed by atoms with E-state index in [1.54, 1.807) is 12.1 Å². The van der Waals surface area contributed by atoms with Gasteiger partial charge in [-0.2, -0.15) is 13.2 Å². The van der Waals surface area contributed by atoms with Crippen LogP contribution in [0.25, 0.3) is 0 Å². The molecule has 0 unspecified atom stereocenters. The number of methoxy groups -OCH3 is 1. The molecule has 2 N–H and O–H groups in total. The van der Waals surface area contributed by atoms with Gasteiger partial charge in [0.05, 0.1) is 11.6 Å². The number of nitrogens with zero attached hydrogens (tertiary/aromatic N) is 1. The summed E-state index contributed by atoms with van der Waals surface area (Å²) in [5, 5.41) is 13.1. The molecule has 0 saturated carbocycles. The molecule has 1 atom stereocenters. The Hall–Kier alpha value is -0.990. The van der Waals surface area contributed by atoms with Crippen LogP contribution >= 0.6 is 15.9 Å². The lowest BCUT2D eigenvalue weighted by Gasteiger charge is -2.35. The monoisotopic (exact) mass is 396 g/mol. The third-order valence-corrected chi connectivity index (χ3v) is 4.55. The highest BCUT2D eigenvalue weighted by Gasteiger charge is 2.31. The second kappa shape index (κ2) is 7.72. The van der Waals surface area contributed by atoms with Crippen molar-refractivity contribution < 1.29 is 23.0 Å². The molecule has 0 spiro atoms. The Morgan fingerprint density at radius 2 is 2.00 bits per heavy atom. The van der Waals surface area contributed by atoms with Crippen LogP contribution < -0.4 is 10.1 Å². The average Bonchev–Trinajstić information content (AvgIpc) is 2.50. The van der Waals surface area contributed by atoms with Gasteiger partial charge >= 0.3 is 6.18 Å². The minimum absolute atomic E-state index is 0.0239. The predicted octanol–water partition coefficient (Wildman–Crippen LogP) is 3.45. The lowest BCUT2D eigenvalue weighted by atomic mass is 9.98. The number of ether oxygens (including phenoxy) is 1. The van der Waals surface area contributed by atoms with Crippen LogP contribution in [0.5, 0.6) is 11.5 Å². The maximum absolute atomic E-state index is 12.7. The molecule has 1 fully saturated rings. The summed E-state index contributed by atoms with van der Waals surface area (Å²) < 4.78 is 43.6. The van der Waals surface area contributed by atoms with Crippen molar-refractivity contribution in [2.24, 2.45) is 0 Å². The van der Waals surface area contributed by atoms with E-state index in [1.807, 2.05) is 4.90 Å². The van der Waals surface area contributed by atoms with Gasteiger partial charge in [0.25, 0.3) is 0 Å². The second-order valence-electron chi connectivity index (χ2n) is 5.51. The molecule has 4 nitrogen and oxygen atoms in total. The summed E-state index contributed by atoms with van der Waals surface area (Å²) in [4.78, 5) is 2.04. The van der Waals surface area contributed by atoms with E-state index < -0.39 is 12.6 Å². The number of rotatable bonds is 5. The molecule has 1 aromatic rings. The maximum Gasteiger partial charge on any atom is 0.389 e. The Balaban J connectivity index is 2.30. The Labute approximate surface area is 141 Å². The van der Waals surface area contributed by atoms with Gasteiger partial charge in [0.2, 0.25) is 0 Å². The van der Waals surface area contributed by atoms with Gasteiger partial charge in [0, 0.05) is 38.6 Å². The summed E-state index contributed by atoms with van der Waals surface area (Å²) >= 11 is 3.24. The SMILES string of the molecule is COc1cc([C@H](CCC(F)(F)F)N2CCNCC2)cc(Br)c1O. The van der Waals surface area contributed by atoms with Crippen LogP contribution in [0.3, 0.4) is 0 Å². The smallest absolute Gasteiger partial charge is 0.389 e. The Bertz CT molecular complexity index is 534. The van der Waals surface area contributed by atoms with Crippen molar-refractivity contribution in [1.82, 2.24) is 10.2 Å². The lowest BCUT2D eigenvalue weighted by Crippen LogP contribution is -2.45. The zero-order chi connectivity index (χ0) is 17.0. The number of nitrogens with one attached hydrogen (secondary N) is 1. The number of hydrogen-bond donors (Lipinski definition) is 2. The third-order valence-electron chi connectivity index (χ3n) is 3.95. The Morgan fingerprint density at radius 1 is 1.35 bits per heavy atom. The van der Waals surface area contributed by atoms with Crippen LogP contribution in [0, 0.1) is 0 Å². The number of hydrogen-bond acceptors (Lipinski definition) is 4. The van der Waals surface area contributed by atoms with Crippen LogP contribution in [0.1, 0.15) is 24.4 Å². The molecule has 1 aromatic carbocycles. The Morgan fingerprint density at radius 3 is 2.57 bits per heavy atom. The normalized spacial score (nSPS) is 18.0. The van der Waals surface area contributed by atoms with E-state index in [-0.39, 0.29) is 24.0 Å². The Kier molecular flexibility index (Phi) is 6.16. The topological polar surface area (TPSA) is 44.7 Å². The molecule has 1 heterocycles. The summed E-state index contributed by atoms with van der Waals surface area (Å²) in [5.74, 6) is 0.202. The largest absolute Gasteiger partial charge is 0.503 e. The highest BCUT2D eigenvalue weighted by molar-refractivity contribution is 9.10. The first-order valence-corrected chi connectivity index (χ1v) is 8.19. The fourth-order valence-electron chi connectivity index (χ4n) is 2.80. The summed E-state index contributed by atoms with van der Waals surface area (Å²) in [5.41, 5.74) is 0.706. The summed E-state index contributed by atoms with van der Waals surface area (Å²) in [6, 6.07) is 2.91. The molecule has 130 valence electrons. The van der Waals surface area contributed by atoms with Crippen molar-refractivity contribution in [1.29, 1.82) is 0 Å². The van der Waals surface area contributed by atoms with Crippen LogP contribution in [0.4, 0.5) is 13.2 Å². The third kappa shape index (κ3) is 4.99.